The first kappa shape index (κ1) is 11.9. The molecule has 0 spiro atoms. The van der Waals surface area contributed by atoms with Gasteiger partial charge in [0.05, 0.1) is 10.7 Å². The monoisotopic (exact) mass is 253 g/mol. The van der Waals surface area contributed by atoms with Gasteiger partial charge in [0.2, 0.25) is 5.91 Å². The van der Waals surface area contributed by atoms with Crippen molar-refractivity contribution >= 4 is 29.2 Å². The maximum atomic E-state index is 11.8. The van der Waals surface area contributed by atoms with Gasteiger partial charge in [-0.2, -0.15) is 0 Å². The average molecular weight is 254 g/mol. The van der Waals surface area contributed by atoms with Crippen molar-refractivity contribution in [1.82, 2.24) is 0 Å². The lowest BCUT2D eigenvalue weighted by Crippen LogP contribution is -2.36. The van der Waals surface area contributed by atoms with E-state index in [1.54, 1.807) is 12.1 Å². The van der Waals surface area contributed by atoms with Crippen LogP contribution in [0.4, 0.5) is 5.69 Å². The summed E-state index contributed by atoms with van der Waals surface area (Å²) in [7, 11) is 0. The summed E-state index contributed by atoms with van der Waals surface area (Å²) in [5.74, 6) is -1.15. The SMILES string of the molecule is O=C(O)c1c(Cl)cccc1N1CCCCC1=O. The summed E-state index contributed by atoms with van der Waals surface area (Å²) in [6.45, 7) is 0.555. The van der Waals surface area contributed by atoms with E-state index in [1.807, 2.05) is 0 Å². The quantitative estimate of drug-likeness (QED) is 0.881. The average Bonchev–Trinajstić information content (AvgIpc) is 2.28. The van der Waals surface area contributed by atoms with E-state index in [2.05, 4.69) is 0 Å². The first-order valence-corrected chi connectivity index (χ1v) is 5.81. The largest absolute Gasteiger partial charge is 0.478 e. The maximum absolute atomic E-state index is 11.8. The van der Waals surface area contributed by atoms with Crippen LogP contribution < -0.4 is 4.90 Å². The number of benzene rings is 1. The molecule has 1 N–H and O–H groups in total. The van der Waals surface area contributed by atoms with Crippen LogP contribution in [-0.2, 0) is 4.79 Å². The van der Waals surface area contributed by atoms with E-state index in [-0.39, 0.29) is 16.5 Å². The molecule has 4 nitrogen and oxygen atoms in total. The Morgan fingerprint density at radius 3 is 2.76 bits per heavy atom. The third kappa shape index (κ3) is 2.26. The highest BCUT2D eigenvalue weighted by molar-refractivity contribution is 6.34. The van der Waals surface area contributed by atoms with E-state index in [1.165, 1.54) is 11.0 Å². The van der Waals surface area contributed by atoms with Crippen LogP contribution in [0.1, 0.15) is 29.6 Å². The summed E-state index contributed by atoms with van der Waals surface area (Å²) in [6, 6.07) is 4.80. The molecule has 1 saturated heterocycles. The number of carbonyl (C=O) groups excluding carboxylic acids is 1. The van der Waals surface area contributed by atoms with Crippen molar-refractivity contribution in [2.24, 2.45) is 0 Å². The van der Waals surface area contributed by atoms with Crippen molar-refractivity contribution in [3.63, 3.8) is 0 Å². The molecule has 17 heavy (non-hydrogen) atoms. The van der Waals surface area contributed by atoms with Crippen molar-refractivity contribution in [2.75, 3.05) is 11.4 Å². The van der Waals surface area contributed by atoms with Crippen molar-refractivity contribution in [2.45, 2.75) is 19.3 Å². The molecule has 0 aromatic heterocycles. The van der Waals surface area contributed by atoms with Gasteiger partial charge in [-0.15, -0.1) is 0 Å². The van der Waals surface area contributed by atoms with Gasteiger partial charge in [0, 0.05) is 13.0 Å². The summed E-state index contributed by atoms with van der Waals surface area (Å²) in [4.78, 5) is 24.5. The molecule has 0 radical (unpaired) electrons. The minimum atomic E-state index is -1.11. The zero-order valence-corrected chi connectivity index (χ0v) is 9.91. The standard InChI is InChI=1S/C12H12ClNO3/c13-8-4-3-5-9(11(8)12(16)17)14-7-2-1-6-10(14)15/h3-5H,1-2,6-7H2,(H,16,17). The Bertz CT molecular complexity index is 473. The van der Waals surface area contributed by atoms with Gasteiger partial charge < -0.3 is 10.0 Å². The third-order valence-corrected chi connectivity index (χ3v) is 3.13. The van der Waals surface area contributed by atoms with E-state index in [4.69, 9.17) is 16.7 Å². The molecule has 5 heteroatoms. The van der Waals surface area contributed by atoms with Gasteiger partial charge in [-0.1, -0.05) is 17.7 Å². The van der Waals surface area contributed by atoms with Crippen molar-refractivity contribution in [3.05, 3.63) is 28.8 Å². The molecule has 1 aromatic carbocycles. The highest BCUT2D eigenvalue weighted by Crippen LogP contribution is 2.30. The number of aromatic carboxylic acids is 1. The van der Waals surface area contributed by atoms with Gasteiger partial charge in [-0.05, 0) is 25.0 Å². The lowest BCUT2D eigenvalue weighted by atomic mass is 10.1. The third-order valence-electron chi connectivity index (χ3n) is 2.82. The zero-order valence-electron chi connectivity index (χ0n) is 9.15. The first-order chi connectivity index (χ1) is 8.11. The van der Waals surface area contributed by atoms with E-state index >= 15 is 0 Å². The molecule has 0 unspecified atom stereocenters. The van der Waals surface area contributed by atoms with Gasteiger partial charge in [-0.3, -0.25) is 4.79 Å². The molecule has 0 saturated carbocycles. The van der Waals surface area contributed by atoms with E-state index in [0.717, 1.165) is 12.8 Å². The number of anilines is 1. The minimum absolute atomic E-state index is 0.00409. The van der Waals surface area contributed by atoms with Crippen LogP contribution in [0.3, 0.4) is 0 Å². The summed E-state index contributed by atoms with van der Waals surface area (Å²) in [5.41, 5.74) is 0.402. The van der Waals surface area contributed by atoms with Crippen LogP contribution in [-0.4, -0.2) is 23.5 Å². The minimum Gasteiger partial charge on any atom is -0.478 e. The number of halogens is 1. The Morgan fingerprint density at radius 2 is 2.12 bits per heavy atom. The molecule has 0 atom stereocenters. The topological polar surface area (TPSA) is 57.6 Å². The van der Waals surface area contributed by atoms with Crippen molar-refractivity contribution < 1.29 is 14.7 Å². The highest BCUT2D eigenvalue weighted by atomic mass is 35.5. The lowest BCUT2D eigenvalue weighted by Gasteiger charge is -2.28. The Labute approximate surface area is 104 Å². The lowest BCUT2D eigenvalue weighted by molar-refractivity contribution is -0.119. The summed E-state index contributed by atoms with van der Waals surface area (Å²) >= 11 is 5.87. The number of carbonyl (C=O) groups is 2. The number of carboxylic acid groups (broad SMARTS) is 1. The van der Waals surface area contributed by atoms with Gasteiger partial charge in [0.1, 0.15) is 5.56 Å². The van der Waals surface area contributed by atoms with Crippen molar-refractivity contribution in [1.29, 1.82) is 0 Å². The Hall–Kier alpha value is -1.55. The molecular formula is C12H12ClNO3. The van der Waals surface area contributed by atoms with Gasteiger partial charge in [0.15, 0.2) is 0 Å². The van der Waals surface area contributed by atoms with Gasteiger partial charge >= 0.3 is 5.97 Å². The Balaban J connectivity index is 2.47. The molecule has 1 aliphatic rings. The molecule has 1 aromatic rings. The predicted molar refractivity (Wildman–Crippen MR) is 64.6 cm³/mol. The number of rotatable bonds is 2. The maximum Gasteiger partial charge on any atom is 0.339 e. The molecule has 90 valence electrons. The number of piperidine rings is 1. The van der Waals surface area contributed by atoms with Crippen molar-refractivity contribution in [3.8, 4) is 0 Å². The molecule has 1 fully saturated rings. The molecule has 1 heterocycles. The summed E-state index contributed by atoms with van der Waals surface area (Å²) < 4.78 is 0. The fourth-order valence-electron chi connectivity index (χ4n) is 2.01. The number of nitrogens with zero attached hydrogens (tertiary/aromatic N) is 1. The van der Waals surface area contributed by atoms with Crippen LogP contribution in [0.5, 0.6) is 0 Å². The Kier molecular flexibility index (Phi) is 3.33. The Morgan fingerprint density at radius 1 is 1.35 bits per heavy atom. The second-order valence-corrected chi connectivity index (χ2v) is 4.35. The van der Waals surface area contributed by atoms with Crippen LogP contribution in [0.25, 0.3) is 0 Å². The van der Waals surface area contributed by atoms with Gasteiger partial charge in [-0.25, -0.2) is 4.79 Å². The second-order valence-electron chi connectivity index (χ2n) is 3.94. The predicted octanol–water partition coefficient (Wildman–Crippen LogP) is 2.56. The second kappa shape index (κ2) is 4.75. The normalized spacial score (nSPS) is 16.1. The van der Waals surface area contributed by atoms with Gasteiger partial charge in [0.25, 0.3) is 0 Å². The molecule has 1 aliphatic heterocycles. The van der Waals surface area contributed by atoms with Crippen LogP contribution in [0.2, 0.25) is 5.02 Å². The molecule has 2 rings (SSSR count). The molecular weight excluding hydrogens is 242 g/mol. The van der Waals surface area contributed by atoms with E-state index in [0.29, 0.717) is 18.7 Å². The molecule has 0 bridgehead atoms. The molecule has 1 amide bonds. The fourth-order valence-corrected chi connectivity index (χ4v) is 2.26. The fraction of sp³-hybridized carbons (Fsp3) is 0.333. The van der Waals surface area contributed by atoms with E-state index < -0.39 is 5.97 Å². The van der Waals surface area contributed by atoms with Crippen LogP contribution >= 0.6 is 11.6 Å². The molecule has 0 aliphatic carbocycles. The van der Waals surface area contributed by atoms with Crippen LogP contribution in [0, 0.1) is 0 Å². The van der Waals surface area contributed by atoms with E-state index in [9.17, 15) is 9.59 Å². The number of hydrogen-bond acceptors (Lipinski definition) is 2. The number of carboxylic acids is 1. The van der Waals surface area contributed by atoms with Crippen LogP contribution in [0.15, 0.2) is 18.2 Å². The summed E-state index contributed by atoms with van der Waals surface area (Å²) in [6.07, 6.45) is 2.21. The number of hydrogen-bond donors (Lipinski definition) is 1. The zero-order chi connectivity index (χ0) is 12.4. The smallest absolute Gasteiger partial charge is 0.339 e. The highest BCUT2D eigenvalue weighted by Gasteiger charge is 2.25. The summed E-state index contributed by atoms with van der Waals surface area (Å²) in [5, 5.41) is 9.30. The first-order valence-electron chi connectivity index (χ1n) is 5.43. The number of amides is 1.